The van der Waals surface area contributed by atoms with Gasteiger partial charge in [-0.25, -0.2) is 4.79 Å². The Balaban J connectivity index is 3.79. The van der Waals surface area contributed by atoms with E-state index in [4.69, 9.17) is 9.47 Å². The molecule has 0 aliphatic rings. The number of unbranched alkanes of at least 4 members (excludes halogenated alkanes) is 2. The Morgan fingerprint density at radius 2 is 1.10 bits per heavy atom. The molecule has 0 N–H and O–H groups in total. The summed E-state index contributed by atoms with van der Waals surface area (Å²) < 4.78 is 10.3. The first-order chi connectivity index (χ1) is 14.3. The molecule has 0 saturated heterocycles. The van der Waals surface area contributed by atoms with Crippen LogP contribution in [0.2, 0.25) is 0 Å². The van der Waals surface area contributed by atoms with Gasteiger partial charge in [0.2, 0.25) is 5.76 Å². The smallest absolute Gasteiger partial charge is 0.373 e. The van der Waals surface area contributed by atoms with Gasteiger partial charge in [0.1, 0.15) is 0 Å². The fourth-order valence-corrected chi connectivity index (χ4v) is 2.40. The lowest BCUT2D eigenvalue weighted by molar-refractivity contribution is -0.142. The average Bonchev–Trinajstić information content (AvgIpc) is 2.72. The van der Waals surface area contributed by atoms with Crippen molar-refractivity contribution >= 4 is 5.97 Å². The molecule has 0 aromatic carbocycles. The minimum Gasteiger partial charge on any atom is -0.487 e. The minimum absolute atomic E-state index is 0.332. The molecule has 0 unspecified atom stereocenters. The predicted octanol–water partition coefficient (Wildman–Crippen LogP) is 7.39. The second kappa shape index (κ2) is 22.0. The number of hydrogen-bond donors (Lipinski definition) is 0. The summed E-state index contributed by atoms with van der Waals surface area (Å²) in [5.74, 6) is -0.0395. The van der Waals surface area contributed by atoms with Crippen molar-refractivity contribution in [2.24, 2.45) is 0 Å². The Hall–Kier alpha value is -2.29. The zero-order valence-electron chi connectivity index (χ0n) is 18.6. The Morgan fingerprint density at radius 1 is 0.621 bits per heavy atom. The normalized spacial score (nSPS) is 13.0. The number of allylic oxidation sites excluding steroid dienone is 11. The van der Waals surface area contributed by atoms with Gasteiger partial charge >= 0.3 is 5.97 Å². The van der Waals surface area contributed by atoms with E-state index in [9.17, 15) is 4.79 Å². The Labute approximate surface area is 178 Å². The zero-order valence-corrected chi connectivity index (χ0v) is 18.6. The Morgan fingerprint density at radius 3 is 1.59 bits per heavy atom. The summed E-state index contributed by atoms with van der Waals surface area (Å²) in [6.07, 6.45) is 31.7. The first-order valence-electron chi connectivity index (χ1n) is 11.0. The highest BCUT2D eigenvalue weighted by molar-refractivity contribution is 5.86. The summed E-state index contributed by atoms with van der Waals surface area (Å²) in [6.45, 7) is 6.65. The SMILES string of the molecule is CC/C=C\C/C=C\C/C=C\C/C=C\C/C=C\CCC/C=C(/OCC)C(=O)OCC. The van der Waals surface area contributed by atoms with Crippen molar-refractivity contribution < 1.29 is 14.3 Å². The lowest BCUT2D eigenvalue weighted by atomic mass is 10.2. The van der Waals surface area contributed by atoms with Gasteiger partial charge in [0.15, 0.2) is 0 Å². The van der Waals surface area contributed by atoms with Crippen LogP contribution in [-0.2, 0) is 14.3 Å². The van der Waals surface area contributed by atoms with Crippen LogP contribution in [0.3, 0.4) is 0 Å². The fraction of sp³-hybridized carbons (Fsp3) is 0.500. The van der Waals surface area contributed by atoms with Crippen molar-refractivity contribution in [2.45, 2.75) is 72.1 Å². The number of hydrogen-bond acceptors (Lipinski definition) is 3. The van der Waals surface area contributed by atoms with Gasteiger partial charge < -0.3 is 9.47 Å². The number of rotatable bonds is 17. The highest BCUT2D eigenvalue weighted by atomic mass is 16.6. The molecule has 3 nitrogen and oxygen atoms in total. The molecule has 0 aromatic rings. The van der Waals surface area contributed by atoms with Gasteiger partial charge in [0.25, 0.3) is 0 Å². The van der Waals surface area contributed by atoms with E-state index < -0.39 is 0 Å². The third-order valence-electron chi connectivity index (χ3n) is 3.84. The van der Waals surface area contributed by atoms with E-state index >= 15 is 0 Å². The quantitative estimate of drug-likeness (QED) is 0.0839. The van der Waals surface area contributed by atoms with E-state index in [-0.39, 0.29) is 5.97 Å². The zero-order chi connectivity index (χ0) is 21.4. The van der Waals surface area contributed by atoms with Crippen LogP contribution in [-0.4, -0.2) is 19.2 Å². The number of esters is 1. The van der Waals surface area contributed by atoms with Gasteiger partial charge in [-0.3, -0.25) is 0 Å². The van der Waals surface area contributed by atoms with Crippen LogP contribution >= 0.6 is 0 Å². The largest absolute Gasteiger partial charge is 0.487 e. The molecule has 0 fully saturated rings. The Kier molecular flexibility index (Phi) is 20.3. The van der Waals surface area contributed by atoms with Crippen molar-refractivity contribution in [2.75, 3.05) is 13.2 Å². The molecule has 0 aliphatic carbocycles. The van der Waals surface area contributed by atoms with Gasteiger partial charge in [0, 0.05) is 0 Å². The van der Waals surface area contributed by atoms with Gasteiger partial charge in [-0.15, -0.1) is 0 Å². The van der Waals surface area contributed by atoms with Crippen LogP contribution in [0.25, 0.3) is 0 Å². The molecule has 0 heterocycles. The van der Waals surface area contributed by atoms with Crippen molar-refractivity contribution in [3.63, 3.8) is 0 Å². The summed E-state index contributed by atoms with van der Waals surface area (Å²) in [5, 5.41) is 0. The van der Waals surface area contributed by atoms with Crippen LogP contribution < -0.4 is 0 Å². The lowest BCUT2D eigenvalue weighted by Crippen LogP contribution is -2.10. The molecular weight excluding hydrogens is 360 g/mol. The second-order valence-electron chi connectivity index (χ2n) is 6.36. The van der Waals surface area contributed by atoms with E-state index in [1.54, 1.807) is 6.92 Å². The molecule has 29 heavy (non-hydrogen) atoms. The third kappa shape index (κ3) is 18.8. The second-order valence-corrected chi connectivity index (χ2v) is 6.36. The number of ether oxygens (including phenoxy) is 2. The van der Waals surface area contributed by atoms with E-state index in [2.05, 4.69) is 67.7 Å². The number of carbonyl (C=O) groups is 1. The van der Waals surface area contributed by atoms with Crippen LogP contribution in [0.5, 0.6) is 0 Å². The first-order valence-corrected chi connectivity index (χ1v) is 11.0. The van der Waals surface area contributed by atoms with Crippen LogP contribution in [0.4, 0.5) is 0 Å². The van der Waals surface area contributed by atoms with E-state index in [0.717, 1.165) is 51.4 Å². The molecule has 0 saturated carbocycles. The molecule has 0 radical (unpaired) electrons. The maximum Gasteiger partial charge on any atom is 0.373 e. The van der Waals surface area contributed by atoms with Crippen molar-refractivity contribution in [3.8, 4) is 0 Å². The molecule has 0 spiro atoms. The molecule has 0 aliphatic heterocycles. The standard InChI is InChI=1S/C26H40O3/c1-4-7-8-9-10-11-12-13-14-15-16-17-18-19-20-21-22-23-24-25(28-5-2)26(27)29-6-3/h7-8,10-11,13-14,16-17,19-20,24H,4-6,9,12,15,18,21-23H2,1-3H3/b8-7-,11-10-,14-13-,17-16-,20-19-,25-24+. The van der Waals surface area contributed by atoms with Crippen molar-refractivity contribution in [1.29, 1.82) is 0 Å². The average molecular weight is 401 g/mol. The van der Waals surface area contributed by atoms with E-state index in [1.807, 2.05) is 13.0 Å². The topological polar surface area (TPSA) is 35.5 Å². The summed E-state index contributed by atoms with van der Waals surface area (Å²) in [4.78, 5) is 11.7. The number of carbonyl (C=O) groups excluding carboxylic acids is 1. The molecule has 0 atom stereocenters. The van der Waals surface area contributed by atoms with E-state index in [0.29, 0.717) is 19.0 Å². The predicted molar refractivity (Wildman–Crippen MR) is 125 cm³/mol. The molecule has 0 rings (SSSR count). The molecule has 0 aromatic heterocycles. The van der Waals surface area contributed by atoms with Crippen LogP contribution in [0, 0.1) is 0 Å². The van der Waals surface area contributed by atoms with Gasteiger partial charge in [-0.1, -0.05) is 67.7 Å². The minimum atomic E-state index is -0.371. The van der Waals surface area contributed by atoms with Crippen molar-refractivity contribution in [1.82, 2.24) is 0 Å². The maximum absolute atomic E-state index is 11.7. The summed E-state index contributed by atoms with van der Waals surface area (Å²) >= 11 is 0. The summed E-state index contributed by atoms with van der Waals surface area (Å²) in [7, 11) is 0. The van der Waals surface area contributed by atoms with Crippen molar-refractivity contribution in [3.05, 3.63) is 72.6 Å². The van der Waals surface area contributed by atoms with Gasteiger partial charge in [-0.2, -0.15) is 0 Å². The highest BCUT2D eigenvalue weighted by Crippen LogP contribution is 2.07. The Bertz CT molecular complexity index is 563. The monoisotopic (exact) mass is 400 g/mol. The summed E-state index contributed by atoms with van der Waals surface area (Å²) in [6, 6.07) is 0. The molecular formula is C26H40O3. The maximum atomic E-state index is 11.7. The summed E-state index contributed by atoms with van der Waals surface area (Å²) in [5.41, 5.74) is 0. The van der Waals surface area contributed by atoms with Crippen LogP contribution in [0.15, 0.2) is 72.6 Å². The fourth-order valence-electron chi connectivity index (χ4n) is 2.40. The molecule has 0 amide bonds. The van der Waals surface area contributed by atoms with E-state index in [1.165, 1.54) is 0 Å². The highest BCUT2D eigenvalue weighted by Gasteiger charge is 2.10. The third-order valence-corrected chi connectivity index (χ3v) is 3.84. The lowest BCUT2D eigenvalue weighted by Gasteiger charge is -2.07. The first kappa shape index (κ1) is 26.7. The van der Waals surface area contributed by atoms with Crippen LogP contribution in [0.1, 0.15) is 72.1 Å². The van der Waals surface area contributed by atoms with Gasteiger partial charge in [0.05, 0.1) is 13.2 Å². The molecule has 0 bridgehead atoms. The molecule has 162 valence electrons. The van der Waals surface area contributed by atoms with Gasteiger partial charge in [-0.05, 0) is 71.3 Å². The molecule has 3 heteroatoms.